The summed E-state index contributed by atoms with van der Waals surface area (Å²) < 4.78 is 5.79. The number of aryl methyl sites for hydroxylation is 1. The Labute approximate surface area is 170 Å². The number of oxazole rings is 1. The van der Waals surface area contributed by atoms with Crippen molar-refractivity contribution in [1.29, 1.82) is 0 Å². The molecule has 8 heteroatoms. The number of hydrogen-bond acceptors (Lipinski definition) is 5. The molecule has 0 fully saturated rings. The van der Waals surface area contributed by atoms with Gasteiger partial charge in [0.05, 0.1) is 15.5 Å². The first-order chi connectivity index (χ1) is 13.9. The van der Waals surface area contributed by atoms with Gasteiger partial charge in [0.2, 0.25) is 5.89 Å². The third-order valence-electron chi connectivity index (χ3n) is 4.34. The minimum Gasteiger partial charge on any atom is -0.436 e. The summed E-state index contributed by atoms with van der Waals surface area (Å²) in [7, 11) is 0. The van der Waals surface area contributed by atoms with Crippen LogP contribution < -0.4 is 5.32 Å². The van der Waals surface area contributed by atoms with Gasteiger partial charge in [-0.1, -0.05) is 29.8 Å². The average molecular weight is 408 g/mol. The fraction of sp³-hybridized carbons (Fsp3) is 0.0476. The predicted molar refractivity (Wildman–Crippen MR) is 110 cm³/mol. The molecule has 4 rings (SSSR count). The fourth-order valence-corrected chi connectivity index (χ4v) is 3.14. The van der Waals surface area contributed by atoms with Crippen molar-refractivity contribution in [2.24, 2.45) is 0 Å². The Morgan fingerprint density at radius 1 is 1.14 bits per heavy atom. The molecule has 0 bridgehead atoms. The van der Waals surface area contributed by atoms with E-state index in [-0.39, 0.29) is 11.3 Å². The summed E-state index contributed by atoms with van der Waals surface area (Å²) in [6.07, 6.45) is 0. The maximum Gasteiger partial charge on any atom is 0.282 e. The number of carbonyl (C=O) groups excluding carboxylic acids is 1. The largest absolute Gasteiger partial charge is 0.436 e. The van der Waals surface area contributed by atoms with Crippen LogP contribution in [0.15, 0.2) is 65.1 Å². The van der Waals surface area contributed by atoms with E-state index >= 15 is 0 Å². The molecule has 0 spiro atoms. The molecule has 0 aliphatic heterocycles. The summed E-state index contributed by atoms with van der Waals surface area (Å²) in [6, 6.07) is 16.2. The Balaban J connectivity index is 1.68. The summed E-state index contributed by atoms with van der Waals surface area (Å²) in [5.41, 5.74) is 2.97. The van der Waals surface area contributed by atoms with Crippen LogP contribution in [0.5, 0.6) is 0 Å². The number of benzene rings is 3. The van der Waals surface area contributed by atoms with Gasteiger partial charge in [0.1, 0.15) is 11.1 Å². The smallest absolute Gasteiger partial charge is 0.282 e. The van der Waals surface area contributed by atoms with Crippen LogP contribution in [0.1, 0.15) is 15.9 Å². The highest BCUT2D eigenvalue weighted by atomic mass is 35.5. The summed E-state index contributed by atoms with van der Waals surface area (Å²) >= 11 is 6.31. The normalized spacial score (nSPS) is 10.8. The maximum absolute atomic E-state index is 12.6. The summed E-state index contributed by atoms with van der Waals surface area (Å²) in [4.78, 5) is 27.6. The van der Waals surface area contributed by atoms with E-state index in [9.17, 15) is 14.9 Å². The summed E-state index contributed by atoms with van der Waals surface area (Å²) in [5, 5.41) is 14.2. The molecular weight excluding hydrogens is 394 g/mol. The van der Waals surface area contributed by atoms with Gasteiger partial charge in [0.15, 0.2) is 5.58 Å². The Bertz CT molecular complexity index is 1270. The van der Waals surface area contributed by atoms with E-state index in [1.807, 2.05) is 25.1 Å². The second-order valence-corrected chi connectivity index (χ2v) is 6.82. The number of nitro groups is 1. The van der Waals surface area contributed by atoms with E-state index in [1.54, 1.807) is 24.3 Å². The SMILES string of the molecule is Cc1ccc2oc(-c3cc(NC(=O)c4ccccc4[N+](=O)[O-])ccc3Cl)nc2c1. The van der Waals surface area contributed by atoms with Gasteiger partial charge in [0, 0.05) is 11.8 Å². The number of carbonyl (C=O) groups is 1. The zero-order valence-electron chi connectivity index (χ0n) is 15.2. The number of halogens is 1. The molecule has 0 saturated heterocycles. The molecule has 4 aromatic rings. The van der Waals surface area contributed by atoms with Crippen molar-refractivity contribution in [3.05, 3.63) is 86.9 Å². The molecule has 1 heterocycles. The van der Waals surface area contributed by atoms with Gasteiger partial charge >= 0.3 is 0 Å². The molecule has 0 radical (unpaired) electrons. The van der Waals surface area contributed by atoms with Crippen molar-refractivity contribution < 1.29 is 14.1 Å². The topological polar surface area (TPSA) is 98.3 Å². The van der Waals surface area contributed by atoms with Crippen molar-refractivity contribution in [3.63, 3.8) is 0 Å². The van der Waals surface area contributed by atoms with Gasteiger partial charge in [-0.05, 0) is 48.9 Å². The van der Waals surface area contributed by atoms with Crippen LogP contribution in [0.25, 0.3) is 22.6 Å². The van der Waals surface area contributed by atoms with Crippen molar-refractivity contribution in [3.8, 4) is 11.5 Å². The van der Waals surface area contributed by atoms with Crippen molar-refractivity contribution >= 4 is 40.0 Å². The molecule has 3 aromatic carbocycles. The number of para-hydroxylation sites is 1. The minimum atomic E-state index is -0.598. The van der Waals surface area contributed by atoms with E-state index in [2.05, 4.69) is 10.3 Å². The van der Waals surface area contributed by atoms with Gasteiger partial charge < -0.3 is 9.73 Å². The number of nitro benzene ring substituents is 1. The number of nitrogens with one attached hydrogen (secondary N) is 1. The lowest BCUT2D eigenvalue weighted by Gasteiger charge is -2.08. The lowest BCUT2D eigenvalue weighted by Crippen LogP contribution is -2.13. The van der Waals surface area contributed by atoms with E-state index in [0.29, 0.717) is 33.3 Å². The van der Waals surface area contributed by atoms with Gasteiger partial charge in [-0.3, -0.25) is 14.9 Å². The number of aromatic nitrogens is 1. The fourth-order valence-electron chi connectivity index (χ4n) is 2.94. The van der Waals surface area contributed by atoms with Gasteiger partial charge in [-0.15, -0.1) is 0 Å². The molecule has 0 saturated carbocycles. The standard InChI is InChI=1S/C21H14ClN3O4/c1-12-6-9-19-17(10-12)24-21(29-19)15-11-13(7-8-16(15)22)23-20(26)14-4-2-3-5-18(14)25(27)28/h2-11H,1H3,(H,23,26). The Morgan fingerprint density at radius 2 is 1.93 bits per heavy atom. The molecule has 1 N–H and O–H groups in total. The summed E-state index contributed by atoms with van der Waals surface area (Å²) in [6.45, 7) is 1.96. The van der Waals surface area contributed by atoms with Crippen LogP contribution in [0.2, 0.25) is 5.02 Å². The minimum absolute atomic E-state index is 0.0358. The summed E-state index contributed by atoms with van der Waals surface area (Å²) in [5.74, 6) is -0.281. The van der Waals surface area contributed by atoms with Crippen LogP contribution in [-0.2, 0) is 0 Å². The molecule has 0 atom stereocenters. The first-order valence-corrected chi connectivity index (χ1v) is 9.02. The lowest BCUT2D eigenvalue weighted by atomic mass is 10.1. The van der Waals surface area contributed by atoms with Gasteiger partial charge in [0.25, 0.3) is 11.6 Å². The van der Waals surface area contributed by atoms with Crippen LogP contribution in [-0.4, -0.2) is 15.8 Å². The van der Waals surface area contributed by atoms with Crippen molar-refractivity contribution in [2.75, 3.05) is 5.32 Å². The Morgan fingerprint density at radius 3 is 2.72 bits per heavy atom. The van der Waals surface area contributed by atoms with Gasteiger partial charge in [-0.2, -0.15) is 0 Å². The highest BCUT2D eigenvalue weighted by Gasteiger charge is 2.20. The molecule has 144 valence electrons. The first kappa shape index (κ1) is 18.6. The molecular formula is C21H14ClN3O4. The molecule has 0 aliphatic carbocycles. The lowest BCUT2D eigenvalue weighted by molar-refractivity contribution is -0.385. The number of anilines is 1. The molecule has 7 nitrogen and oxygen atoms in total. The molecule has 0 aliphatic rings. The first-order valence-electron chi connectivity index (χ1n) is 8.64. The van der Waals surface area contributed by atoms with E-state index < -0.39 is 10.8 Å². The number of nitrogens with zero attached hydrogens (tertiary/aromatic N) is 2. The second kappa shape index (κ2) is 7.37. The molecule has 1 amide bonds. The Hall–Kier alpha value is -3.71. The zero-order chi connectivity index (χ0) is 20.5. The van der Waals surface area contributed by atoms with Gasteiger partial charge in [-0.25, -0.2) is 4.98 Å². The highest BCUT2D eigenvalue weighted by Crippen LogP contribution is 2.33. The second-order valence-electron chi connectivity index (χ2n) is 6.41. The number of hydrogen-bond donors (Lipinski definition) is 1. The monoisotopic (exact) mass is 407 g/mol. The zero-order valence-corrected chi connectivity index (χ0v) is 15.9. The van der Waals surface area contributed by atoms with Crippen LogP contribution in [0.4, 0.5) is 11.4 Å². The van der Waals surface area contributed by atoms with Crippen LogP contribution in [0.3, 0.4) is 0 Å². The number of amides is 1. The third-order valence-corrected chi connectivity index (χ3v) is 4.67. The number of rotatable bonds is 4. The number of fused-ring (bicyclic) bond motifs is 1. The molecule has 29 heavy (non-hydrogen) atoms. The van der Waals surface area contributed by atoms with E-state index in [0.717, 1.165) is 5.56 Å². The average Bonchev–Trinajstić information content (AvgIpc) is 3.12. The predicted octanol–water partition coefficient (Wildman–Crippen LogP) is 5.62. The molecule has 1 aromatic heterocycles. The molecule has 0 unspecified atom stereocenters. The van der Waals surface area contributed by atoms with E-state index in [4.69, 9.17) is 16.0 Å². The third kappa shape index (κ3) is 3.68. The van der Waals surface area contributed by atoms with Crippen molar-refractivity contribution in [2.45, 2.75) is 6.92 Å². The Kier molecular flexibility index (Phi) is 4.74. The van der Waals surface area contributed by atoms with Crippen LogP contribution >= 0.6 is 11.6 Å². The van der Waals surface area contributed by atoms with E-state index in [1.165, 1.54) is 18.2 Å². The quantitative estimate of drug-likeness (QED) is 0.350. The van der Waals surface area contributed by atoms with Crippen LogP contribution in [0, 0.1) is 17.0 Å². The highest BCUT2D eigenvalue weighted by molar-refractivity contribution is 6.33. The van der Waals surface area contributed by atoms with Crippen molar-refractivity contribution in [1.82, 2.24) is 4.98 Å². The maximum atomic E-state index is 12.6.